The number of fused-ring (bicyclic) bond motifs is 4. The zero-order valence-corrected chi connectivity index (χ0v) is 26.2. The third-order valence-corrected chi connectivity index (χ3v) is 6.54. The molecule has 211 valence electrons. The van der Waals surface area contributed by atoms with E-state index in [1.165, 1.54) is 25.5 Å². The van der Waals surface area contributed by atoms with Crippen molar-refractivity contribution in [3.05, 3.63) is 96.0 Å². The minimum atomic E-state index is -0.125. The molecule has 7 heteroatoms. The quantitative estimate of drug-likeness (QED) is 0.112. The molecular formula is C34H31IrN2O4-. The van der Waals surface area contributed by atoms with Crippen LogP contribution in [0.2, 0.25) is 0 Å². The molecule has 0 spiro atoms. The molecule has 0 amide bonds. The van der Waals surface area contributed by atoms with E-state index < -0.39 is 0 Å². The number of hydrogen-bond donors (Lipinski definition) is 1. The summed E-state index contributed by atoms with van der Waals surface area (Å²) < 4.78 is 12.4. The van der Waals surface area contributed by atoms with E-state index in [-0.39, 0.29) is 37.1 Å². The second kappa shape index (κ2) is 11.8. The minimum Gasteiger partial charge on any atom is -0.512 e. The number of aryl methyl sites for hydroxylation is 1. The molecule has 4 heterocycles. The predicted octanol–water partition coefficient (Wildman–Crippen LogP) is 8.90. The van der Waals surface area contributed by atoms with Gasteiger partial charge in [0.15, 0.2) is 5.78 Å². The van der Waals surface area contributed by atoms with Crippen molar-refractivity contribution in [2.45, 2.75) is 47.0 Å². The van der Waals surface area contributed by atoms with Gasteiger partial charge in [-0.15, -0.1) is 18.2 Å². The number of aliphatic hydroxyl groups is 1. The summed E-state index contributed by atoms with van der Waals surface area (Å²) in [5, 5.41) is 11.3. The van der Waals surface area contributed by atoms with Crippen LogP contribution >= 0.6 is 0 Å². The molecule has 0 saturated carbocycles. The van der Waals surface area contributed by atoms with Crippen LogP contribution in [0.25, 0.3) is 55.6 Å². The maximum atomic E-state index is 10.0. The van der Waals surface area contributed by atoms with Gasteiger partial charge in [-0.25, -0.2) is 4.98 Å². The van der Waals surface area contributed by atoms with Crippen LogP contribution < -0.4 is 0 Å². The van der Waals surface area contributed by atoms with Gasteiger partial charge >= 0.3 is 0 Å². The van der Waals surface area contributed by atoms with Crippen molar-refractivity contribution in [3.8, 4) is 22.6 Å². The number of furan rings is 2. The summed E-state index contributed by atoms with van der Waals surface area (Å²) in [6.45, 7) is 11.5. The van der Waals surface area contributed by atoms with Crippen LogP contribution in [0.4, 0.5) is 0 Å². The van der Waals surface area contributed by atoms with Gasteiger partial charge in [0, 0.05) is 54.4 Å². The Hall–Kier alpha value is -4.06. The average molecular weight is 724 g/mol. The Morgan fingerprint density at radius 3 is 2.34 bits per heavy atom. The monoisotopic (exact) mass is 724 g/mol. The first-order valence-electron chi connectivity index (χ1n) is 13.1. The first-order valence-corrected chi connectivity index (χ1v) is 13.1. The molecule has 6 aromatic rings. The van der Waals surface area contributed by atoms with E-state index in [1.807, 2.05) is 49.5 Å². The Morgan fingerprint density at radius 2 is 1.71 bits per heavy atom. The summed E-state index contributed by atoms with van der Waals surface area (Å²) in [6.07, 6.45) is 3.01. The zero-order chi connectivity index (χ0) is 28.6. The number of carbonyl (C=O) groups is 1. The fraction of sp³-hybridized carbons (Fsp3) is 0.206. The Labute approximate surface area is 252 Å². The maximum Gasteiger partial charge on any atom is 0.216 e. The van der Waals surface area contributed by atoms with Gasteiger partial charge in [-0.05, 0) is 61.7 Å². The number of carbonyl (C=O) groups excluding carboxylic acids is 1. The Bertz CT molecular complexity index is 1890. The molecule has 2 aromatic carbocycles. The number of allylic oxidation sites excluding steroid dienone is 2. The van der Waals surface area contributed by atoms with Crippen molar-refractivity contribution in [2.24, 2.45) is 0 Å². The van der Waals surface area contributed by atoms with Crippen LogP contribution in [0, 0.1) is 13.0 Å². The number of benzene rings is 2. The Kier molecular flexibility index (Phi) is 8.62. The molecule has 1 N–H and O–H groups in total. The second-order valence-corrected chi connectivity index (χ2v) is 10.9. The van der Waals surface area contributed by atoms with Crippen molar-refractivity contribution in [1.29, 1.82) is 0 Å². The van der Waals surface area contributed by atoms with E-state index in [9.17, 15) is 4.79 Å². The topological polar surface area (TPSA) is 89.4 Å². The normalized spacial score (nSPS) is 11.8. The van der Waals surface area contributed by atoms with Crippen molar-refractivity contribution in [2.75, 3.05) is 0 Å². The second-order valence-electron chi connectivity index (χ2n) is 10.9. The Balaban J connectivity index is 0.000000434. The molecular weight excluding hydrogens is 693 g/mol. The first kappa shape index (κ1) is 29.9. The van der Waals surface area contributed by atoms with Crippen molar-refractivity contribution in [1.82, 2.24) is 9.97 Å². The van der Waals surface area contributed by atoms with Gasteiger partial charge in [0.25, 0.3) is 0 Å². The van der Waals surface area contributed by atoms with Gasteiger partial charge in [0.05, 0.1) is 11.3 Å². The van der Waals surface area contributed by atoms with Gasteiger partial charge < -0.3 is 18.9 Å². The van der Waals surface area contributed by atoms with E-state index in [2.05, 4.69) is 56.1 Å². The van der Waals surface area contributed by atoms with Crippen molar-refractivity contribution in [3.63, 3.8) is 0 Å². The van der Waals surface area contributed by atoms with Crippen LogP contribution in [-0.2, 0) is 30.3 Å². The van der Waals surface area contributed by atoms with E-state index in [0.717, 1.165) is 55.6 Å². The predicted molar refractivity (Wildman–Crippen MR) is 159 cm³/mol. The third-order valence-electron chi connectivity index (χ3n) is 6.54. The molecule has 0 aliphatic carbocycles. The van der Waals surface area contributed by atoms with E-state index >= 15 is 0 Å². The molecule has 0 atom stereocenters. The van der Waals surface area contributed by atoms with Crippen molar-refractivity contribution < 1.29 is 38.8 Å². The van der Waals surface area contributed by atoms with Gasteiger partial charge in [0.1, 0.15) is 11.3 Å². The molecule has 1 radical (unpaired) electrons. The molecule has 0 bridgehead atoms. The van der Waals surface area contributed by atoms with Crippen LogP contribution in [0.3, 0.4) is 0 Å². The summed E-state index contributed by atoms with van der Waals surface area (Å²) in [6, 6.07) is 23.8. The molecule has 0 aliphatic heterocycles. The number of ketones is 1. The summed E-state index contributed by atoms with van der Waals surface area (Å²) in [4.78, 5) is 19.3. The standard InChI is InChI=1S/C29H23N2O2.C5H8O2.Ir/c1-17-8-13-22-21-6-5-7-23(27(21)33-28(22)31-17)24-15-26-19(16-30-24)14-25(32-26)18-9-11-20(12-10-18)29(2,3)4;1-4(6)3-5(2)7;/h5-6,8-16H,1-4H3;3,6H,1-2H3;/q-1;;/b;4-3-;. The van der Waals surface area contributed by atoms with Crippen LogP contribution in [0.15, 0.2) is 87.5 Å². The molecule has 0 saturated heterocycles. The van der Waals surface area contributed by atoms with Crippen molar-refractivity contribution >= 4 is 38.8 Å². The molecule has 6 nitrogen and oxygen atoms in total. The first-order chi connectivity index (χ1) is 19.0. The van der Waals surface area contributed by atoms with Crippen LogP contribution in [-0.4, -0.2) is 20.9 Å². The number of aromatic nitrogens is 2. The minimum absolute atomic E-state index is 0. The molecule has 6 rings (SSSR count). The molecule has 41 heavy (non-hydrogen) atoms. The fourth-order valence-corrected chi connectivity index (χ4v) is 4.55. The number of rotatable bonds is 3. The average Bonchev–Trinajstić information content (AvgIpc) is 3.48. The van der Waals surface area contributed by atoms with E-state index in [1.54, 1.807) is 0 Å². The van der Waals surface area contributed by atoms with Crippen LogP contribution in [0.1, 0.15) is 45.9 Å². The van der Waals surface area contributed by atoms with Gasteiger partial charge in [-0.1, -0.05) is 56.0 Å². The largest absolute Gasteiger partial charge is 0.512 e. The fourth-order valence-electron chi connectivity index (χ4n) is 4.55. The van der Waals surface area contributed by atoms with E-state index in [4.69, 9.17) is 18.9 Å². The van der Waals surface area contributed by atoms with E-state index in [0.29, 0.717) is 5.71 Å². The summed E-state index contributed by atoms with van der Waals surface area (Å²) in [5.74, 6) is 0.766. The molecule has 0 aliphatic rings. The van der Waals surface area contributed by atoms with Gasteiger partial charge in [0.2, 0.25) is 5.71 Å². The molecule has 0 fully saturated rings. The molecule has 4 aromatic heterocycles. The smallest absolute Gasteiger partial charge is 0.216 e. The number of aliphatic hydroxyl groups excluding tert-OH is 1. The summed E-state index contributed by atoms with van der Waals surface area (Å²) in [5.41, 5.74) is 7.10. The van der Waals surface area contributed by atoms with Gasteiger partial charge in [-0.3, -0.25) is 4.79 Å². The zero-order valence-electron chi connectivity index (χ0n) is 23.8. The third kappa shape index (κ3) is 6.48. The summed E-state index contributed by atoms with van der Waals surface area (Å²) >= 11 is 0. The van der Waals surface area contributed by atoms with Gasteiger partial charge in [-0.2, -0.15) is 0 Å². The number of nitrogens with zero attached hydrogens (tertiary/aromatic N) is 2. The summed E-state index contributed by atoms with van der Waals surface area (Å²) in [7, 11) is 0. The Morgan fingerprint density at radius 1 is 0.976 bits per heavy atom. The van der Waals surface area contributed by atoms with Crippen LogP contribution in [0.5, 0.6) is 0 Å². The maximum absolute atomic E-state index is 10.0. The molecule has 0 unspecified atom stereocenters. The SMILES string of the molecule is CC(=O)/C=C(/C)O.Cc1ccc2c(n1)oc1c(-c3cc4oc(-c5ccc(C(C)(C)C)cc5)cc4cn3)[c-]ccc12.[Ir]. The number of pyridine rings is 2. The number of hydrogen-bond acceptors (Lipinski definition) is 6.